The van der Waals surface area contributed by atoms with E-state index in [1.54, 1.807) is 0 Å². The van der Waals surface area contributed by atoms with Gasteiger partial charge >= 0.3 is 37.4 Å². The first-order valence-corrected chi connectivity index (χ1v) is 5.76. The van der Waals surface area contributed by atoms with Crippen molar-refractivity contribution in [3.8, 4) is 0 Å². The summed E-state index contributed by atoms with van der Waals surface area (Å²) in [4.78, 5) is 44.5. The molecule has 0 bridgehead atoms. The molecule has 0 radical (unpaired) electrons. The second kappa shape index (κ2) is 12.3. The van der Waals surface area contributed by atoms with E-state index in [1.807, 2.05) is 6.92 Å². The van der Waals surface area contributed by atoms with E-state index in [-0.39, 0.29) is 29.6 Å². The third kappa shape index (κ3) is 1400. The molecule has 7 N–H and O–H groups in total. The van der Waals surface area contributed by atoms with Crippen molar-refractivity contribution < 1.29 is 68.0 Å². The van der Waals surface area contributed by atoms with Crippen molar-refractivity contribution in [1.29, 1.82) is 0 Å². The van der Waals surface area contributed by atoms with Crippen LogP contribution in [0.2, 0.25) is 0 Å². The van der Waals surface area contributed by atoms with Crippen LogP contribution in [0.3, 0.4) is 0 Å². The van der Waals surface area contributed by atoms with Crippen molar-refractivity contribution in [2.24, 2.45) is 5.73 Å². The molecule has 0 aliphatic carbocycles. The van der Waals surface area contributed by atoms with Gasteiger partial charge in [0.1, 0.15) is 0 Å². The van der Waals surface area contributed by atoms with E-state index in [4.69, 9.17) is 44.2 Å². The summed E-state index contributed by atoms with van der Waals surface area (Å²) in [5, 5.41) is 0. The summed E-state index contributed by atoms with van der Waals surface area (Å²) in [6.07, 6.45) is 0. The smallest absolute Gasteiger partial charge is 0.756 e. The van der Waals surface area contributed by atoms with Gasteiger partial charge in [0.15, 0.2) is 0 Å². The van der Waals surface area contributed by atoms with Crippen LogP contribution in [0.4, 0.5) is 0 Å². The normalized spacial score (nSPS) is 9.71. The molecule has 0 atom stereocenters. The Labute approximate surface area is 103 Å². The first kappa shape index (κ1) is 24.4. The van der Waals surface area contributed by atoms with Crippen LogP contribution in [0.5, 0.6) is 0 Å². The zero-order valence-corrected chi connectivity index (χ0v) is 11.4. The van der Waals surface area contributed by atoms with Crippen molar-refractivity contribution in [2.75, 3.05) is 6.54 Å². The topological polar surface area (TPSA) is 184 Å². The van der Waals surface area contributed by atoms with Crippen LogP contribution < -0.4 is 40.2 Å². The van der Waals surface area contributed by atoms with Crippen molar-refractivity contribution in [3.63, 3.8) is 0 Å². The SMILES string of the molecule is CCN.O=P(O)(O)O.O=P([O-])(O)O.[Na+]. The maximum atomic E-state index is 8.88. The average molecular weight is 263 g/mol. The summed E-state index contributed by atoms with van der Waals surface area (Å²) in [6.45, 7) is 2.65. The van der Waals surface area contributed by atoms with Gasteiger partial charge in [-0.2, -0.15) is 0 Å². The fourth-order valence-corrected chi connectivity index (χ4v) is 0. The van der Waals surface area contributed by atoms with E-state index >= 15 is 0 Å². The van der Waals surface area contributed by atoms with Crippen molar-refractivity contribution in [1.82, 2.24) is 0 Å². The molecule has 0 rings (SSSR count). The van der Waals surface area contributed by atoms with Gasteiger partial charge < -0.3 is 35.1 Å². The maximum Gasteiger partial charge on any atom is 1.00 e. The third-order valence-corrected chi connectivity index (χ3v) is 0. The van der Waals surface area contributed by atoms with Crippen molar-refractivity contribution in [2.45, 2.75) is 6.92 Å². The number of nitrogens with two attached hydrogens (primary N) is 1. The molecule has 0 saturated heterocycles. The number of hydrogen-bond donors (Lipinski definition) is 6. The summed E-state index contributed by atoms with van der Waals surface area (Å²) >= 11 is 0. The molecule has 0 fully saturated rings. The summed E-state index contributed by atoms with van der Waals surface area (Å²) < 4.78 is 17.7. The quantitative estimate of drug-likeness (QED) is 0.183. The molecule has 0 unspecified atom stereocenters. The summed E-state index contributed by atoms with van der Waals surface area (Å²) in [7, 11) is -9.53. The van der Waals surface area contributed by atoms with Gasteiger partial charge in [-0.1, -0.05) is 6.92 Å². The molecular weight excluding hydrogens is 251 g/mol. The molecule has 0 spiro atoms. The molecule has 0 aromatic rings. The minimum atomic E-state index is -4.89. The van der Waals surface area contributed by atoms with Gasteiger partial charge in [-0.3, -0.25) is 4.57 Å². The molecule has 9 nitrogen and oxygen atoms in total. The zero-order valence-electron chi connectivity index (χ0n) is 7.64. The van der Waals surface area contributed by atoms with Gasteiger partial charge in [0.25, 0.3) is 7.82 Å². The van der Waals surface area contributed by atoms with Gasteiger partial charge in [-0.25, -0.2) is 4.57 Å². The fraction of sp³-hybridized carbons (Fsp3) is 1.00. The minimum Gasteiger partial charge on any atom is -0.756 e. The van der Waals surface area contributed by atoms with E-state index in [0.717, 1.165) is 6.54 Å². The second-order valence-corrected chi connectivity index (χ2v) is 3.42. The van der Waals surface area contributed by atoms with Gasteiger partial charge in [0.2, 0.25) is 0 Å². The molecule has 12 heteroatoms. The van der Waals surface area contributed by atoms with Crippen LogP contribution in [-0.4, -0.2) is 31.0 Å². The Morgan fingerprint density at radius 3 is 1.14 bits per heavy atom. The van der Waals surface area contributed by atoms with E-state index in [2.05, 4.69) is 0 Å². The minimum absolute atomic E-state index is 0. The van der Waals surface area contributed by atoms with Crippen molar-refractivity contribution in [3.05, 3.63) is 0 Å². The Morgan fingerprint density at radius 2 is 1.14 bits per heavy atom. The van der Waals surface area contributed by atoms with Crippen LogP contribution in [-0.2, 0) is 9.13 Å². The zero-order chi connectivity index (χ0) is 11.7. The molecule has 0 aliphatic heterocycles. The molecule has 14 heavy (non-hydrogen) atoms. The second-order valence-electron chi connectivity index (χ2n) is 1.41. The maximum absolute atomic E-state index is 8.88. The Morgan fingerprint density at radius 1 is 1.14 bits per heavy atom. The van der Waals surface area contributed by atoms with Gasteiger partial charge in [0.05, 0.1) is 0 Å². The molecule has 0 aromatic carbocycles. The molecule has 0 saturated carbocycles. The Balaban J connectivity index is -0.0000000535. The molecule has 84 valence electrons. The Hall–Kier alpha value is 1.18. The molecule has 0 aliphatic rings. The number of hydrogen-bond acceptors (Lipinski definition) is 4. The van der Waals surface area contributed by atoms with Crippen LogP contribution in [0, 0.1) is 0 Å². The molecule has 0 aromatic heterocycles. The Bertz CT molecular complexity index is 149. The predicted octanol–water partition coefficient (Wildman–Crippen LogP) is -5.52. The van der Waals surface area contributed by atoms with E-state index in [0.29, 0.717) is 0 Å². The van der Waals surface area contributed by atoms with E-state index < -0.39 is 15.6 Å². The largest absolute Gasteiger partial charge is 1.00 e. The summed E-state index contributed by atoms with van der Waals surface area (Å²) in [5.74, 6) is 0. The van der Waals surface area contributed by atoms with Crippen LogP contribution in [0.1, 0.15) is 6.92 Å². The monoisotopic (exact) mass is 263 g/mol. The molecule has 0 heterocycles. The first-order chi connectivity index (χ1) is 5.41. The van der Waals surface area contributed by atoms with Crippen molar-refractivity contribution >= 4 is 15.6 Å². The van der Waals surface area contributed by atoms with Gasteiger partial charge in [-0.15, -0.1) is 0 Å². The van der Waals surface area contributed by atoms with E-state index in [9.17, 15) is 0 Å². The Kier molecular flexibility index (Phi) is 21.4. The molecule has 0 amide bonds. The summed E-state index contributed by atoms with van der Waals surface area (Å²) in [5.41, 5.74) is 4.85. The van der Waals surface area contributed by atoms with E-state index in [1.165, 1.54) is 0 Å². The summed E-state index contributed by atoms with van der Waals surface area (Å²) in [6, 6.07) is 0. The van der Waals surface area contributed by atoms with Crippen LogP contribution in [0.15, 0.2) is 0 Å². The van der Waals surface area contributed by atoms with Crippen LogP contribution in [0.25, 0.3) is 0 Å². The standard InChI is InChI=1S/C2H7N.Na.2H3O4P/c1-2-3;;2*1-5(2,3)4/h2-3H2,1H3;;2*(H3,1,2,3,4)/q;+1;;/p-1. The number of rotatable bonds is 0. The van der Waals surface area contributed by atoms with Gasteiger partial charge in [0, 0.05) is 0 Å². The average Bonchev–Trinajstić information content (AvgIpc) is 1.52. The first-order valence-electron chi connectivity index (χ1n) is 2.66. The van der Waals surface area contributed by atoms with Gasteiger partial charge in [-0.05, 0) is 6.54 Å². The molecular formula is C2H12NNaO8P2. The number of phosphoric acid groups is 2. The third-order valence-electron chi connectivity index (χ3n) is 0. The van der Waals surface area contributed by atoms with Crippen LogP contribution >= 0.6 is 15.6 Å². The fourth-order valence-electron chi connectivity index (χ4n) is 0. The predicted molar refractivity (Wildman–Crippen MR) is 41.0 cm³/mol.